The highest BCUT2D eigenvalue weighted by Crippen LogP contribution is 2.28. The van der Waals surface area contributed by atoms with E-state index in [1.807, 2.05) is 0 Å². The van der Waals surface area contributed by atoms with Crippen LogP contribution < -0.4 is 16.2 Å². The van der Waals surface area contributed by atoms with Gasteiger partial charge in [-0.25, -0.2) is 5.10 Å². The van der Waals surface area contributed by atoms with Gasteiger partial charge >= 0.3 is 0 Å². The van der Waals surface area contributed by atoms with Gasteiger partial charge in [0.2, 0.25) is 11.8 Å². The summed E-state index contributed by atoms with van der Waals surface area (Å²) in [6.45, 7) is 12.2. The first-order chi connectivity index (χ1) is 14.2. The summed E-state index contributed by atoms with van der Waals surface area (Å²) in [6, 6.07) is 8.53. The molecule has 0 saturated carbocycles. The fourth-order valence-electron chi connectivity index (χ4n) is 3.73. The number of carbonyl (C=O) groups excluding carboxylic acids is 1. The third-order valence-electron chi connectivity index (χ3n) is 5.36. The molecule has 1 amide bonds. The second kappa shape index (κ2) is 8.83. The van der Waals surface area contributed by atoms with Crippen LogP contribution in [0.15, 0.2) is 33.5 Å². The predicted octanol–water partition coefficient (Wildman–Crippen LogP) is 4.18. The van der Waals surface area contributed by atoms with Crippen molar-refractivity contribution in [2.45, 2.75) is 53.5 Å². The molecular weight excluding hydrogens is 380 g/mol. The molecule has 3 rings (SSSR count). The minimum absolute atomic E-state index is 0.0295. The number of nitrogens with zero attached hydrogens (tertiary/aromatic N) is 1. The van der Waals surface area contributed by atoms with Crippen LogP contribution in [-0.4, -0.2) is 22.6 Å². The maximum Gasteiger partial charge on any atom is 0.277 e. The lowest BCUT2D eigenvalue weighted by Gasteiger charge is -2.23. The van der Waals surface area contributed by atoms with Crippen molar-refractivity contribution < 1.29 is 9.21 Å². The molecule has 1 atom stereocenters. The molecule has 0 aliphatic heterocycles. The molecule has 1 unspecified atom stereocenters. The lowest BCUT2D eigenvalue weighted by Crippen LogP contribution is -2.33. The van der Waals surface area contributed by atoms with Crippen LogP contribution in [0.25, 0.3) is 10.8 Å². The van der Waals surface area contributed by atoms with Gasteiger partial charge in [-0.15, -0.1) is 0 Å². The average Bonchev–Trinajstić information content (AvgIpc) is 3.02. The molecule has 2 aromatic heterocycles. The number of fused-ring (bicyclic) bond motifs is 1. The molecule has 0 aliphatic rings. The second-order valence-corrected chi connectivity index (χ2v) is 8.35. The van der Waals surface area contributed by atoms with Crippen molar-refractivity contribution in [3.05, 3.63) is 57.2 Å². The Balaban J connectivity index is 1.74. The van der Waals surface area contributed by atoms with E-state index < -0.39 is 0 Å². The first-order valence-electron chi connectivity index (χ1n) is 10.3. The Hall–Kier alpha value is -2.93. The molecule has 0 fully saturated rings. The van der Waals surface area contributed by atoms with E-state index in [4.69, 9.17) is 4.42 Å². The van der Waals surface area contributed by atoms with E-state index in [2.05, 4.69) is 72.8 Å². The molecule has 0 spiro atoms. The Morgan fingerprint density at radius 1 is 1.07 bits per heavy atom. The number of anilines is 1. The van der Waals surface area contributed by atoms with Crippen LogP contribution in [-0.2, 0) is 4.79 Å². The highest BCUT2D eigenvalue weighted by molar-refractivity contribution is 6.01. The average molecular weight is 411 g/mol. The van der Waals surface area contributed by atoms with Gasteiger partial charge in [0.1, 0.15) is 11.1 Å². The van der Waals surface area contributed by atoms with Gasteiger partial charge in [0.15, 0.2) is 0 Å². The van der Waals surface area contributed by atoms with Gasteiger partial charge in [-0.2, -0.15) is 5.10 Å². The van der Waals surface area contributed by atoms with Crippen molar-refractivity contribution in [2.75, 3.05) is 11.9 Å². The Kier molecular flexibility index (Phi) is 6.41. The number of H-pyrrole nitrogens is 1. The molecule has 160 valence electrons. The molecule has 7 heteroatoms. The van der Waals surface area contributed by atoms with Gasteiger partial charge < -0.3 is 9.73 Å². The van der Waals surface area contributed by atoms with E-state index in [1.54, 1.807) is 13.8 Å². The number of carbonyl (C=O) groups is 1. The molecule has 0 radical (unpaired) electrons. The van der Waals surface area contributed by atoms with Crippen molar-refractivity contribution in [3.63, 3.8) is 0 Å². The Bertz CT molecular complexity index is 1090. The van der Waals surface area contributed by atoms with Crippen molar-refractivity contribution in [1.82, 2.24) is 15.5 Å². The number of hydrogen-bond donors (Lipinski definition) is 3. The zero-order chi connectivity index (χ0) is 22.0. The molecule has 0 saturated heterocycles. The van der Waals surface area contributed by atoms with Gasteiger partial charge in [0.25, 0.3) is 5.56 Å². The predicted molar refractivity (Wildman–Crippen MR) is 119 cm³/mol. The molecule has 30 heavy (non-hydrogen) atoms. The van der Waals surface area contributed by atoms with Crippen molar-refractivity contribution in [1.29, 1.82) is 0 Å². The summed E-state index contributed by atoms with van der Waals surface area (Å²) >= 11 is 0. The Morgan fingerprint density at radius 3 is 2.30 bits per heavy atom. The fraction of sp³-hybridized carbons (Fsp3) is 0.435. The highest BCUT2D eigenvalue weighted by Gasteiger charge is 2.20. The van der Waals surface area contributed by atoms with Crippen LogP contribution in [0.4, 0.5) is 5.88 Å². The lowest BCUT2D eigenvalue weighted by molar-refractivity contribution is -0.115. The number of amides is 1. The van der Waals surface area contributed by atoms with Gasteiger partial charge in [-0.05, 0) is 36.8 Å². The van der Waals surface area contributed by atoms with Gasteiger partial charge in [0, 0.05) is 6.04 Å². The monoisotopic (exact) mass is 410 g/mol. The van der Waals surface area contributed by atoms with Crippen molar-refractivity contribution in [3.8, 4) is 0 Å². The summed E-state index contributed by atoms with van der Waals surface area (Å²) in [5, 5.41) is 13.4. The SMILES string of the molecule is Cc1n[nH]c(=O)c2c(NC(=O)CNC(c3ccc(C(C)C)cc3)C(C)C)oc(C)c12. The van der Waals surface area contributed by atoms with E-state index in [0.29, 0.717) is 34.1 Å². The van der Waals surface area contributed by atoms with Gasteiger partial charge in [-0.1, -0.05) is 52.0 Å². The molecule has 0 aliphatic carbocycles. The topological polar surface area (TPSA) is 100 Å². The van der Waals surface area contributed by atoms with E-state index in [0.717, 1.165) is 5.56 Å². The number of aryl methyl sites for hydroxylation is 2. The number of aromatic nitrogens is 2. The smallest absolute Gasteiger partial charge is 0.277 e. The lowest BCUT2D eigenvalue weighted by atomic mass is 9.93. The van der Waals surface area contributed by atoms with Crippen LogP contribution in [0.2, 0.25) is 0 Å². The maximum atomic E-state index is 12.6. The summed E-state index contributed by atoms with van der Waals surface area (Å²) in [6.07, 6.45) is 0. The van der Waals surface area contributed by atoms with Gasteiger partial charge in [-0.3, -0.25) is 14.9 Å². The summed E-state index contributed by atoms with van der Waals surface area (Å²) in [5.41, 5.74) is 2.68. The largest absolute Gasteiger partial charge is 0.444 e. The number of aromatic amines is 1. The number of hydrogen-bond acceptors (Lipinski definition) is 5. The van der Waals surface area contributed by atoms with E-state index in [-0.39, 0.29) is 29.9 Å². The number of benzene rings is 1. The normalized spacial score (nSPS) is 12.7. The molecule has 3 aromatic rings. The molecule has 3 N–H and O–H groups in total. The van der Waals surface area contributed by atoms with Crippen LogP contribution in [0.5, 0.6) is 0 Å². The summed E-state index contributed by atoms with van der Waals surface area (Å²) in [7, 11) is 0. The maximum absolute atomic E-state index is 12.6. The third kappa shape index (κ3) is 4.46. The van der Waals surface area contributed by atoms with E-state index in [1.165, 1.54) is 5.56 Å². The highest BCUT2D eigenvalue weighted by atomic mass is 16.4. The minimum atomic E-state index is -0.388. The fourth-order valence-corrected chi connectivity index (χ4v) is 3.73. The summed E-state index contributed by atoms with van der Waals surface area (Å²) < 4.78 is 5.65. The second-order valence-electron chi connectivity index (χ2n) is 8.35. The zero-order valence-electron chi connectivity index (χ0n) is 18.4. The Labute approximate surface area is 176 Å². The first-order valence-corrected chi connectivity index (χ1v) is 10.3. The van der Waals surface area contributed by atoms with Gasteiger partial charge in [0.05, 0.1) is 17.6 Å². The first kappa shape index (κ1) is 21.8. The third-order valence-corrected chi connectivity index (χ3v) is 5.36. The zero-order valence-corrected chi connectivity index (χ0v) is 18.4. The van der Waals surface area contributed by atoms with Crippen LogP contribution in [0, 0.1) is 19.8 Å². The van der Waals surface area contributed by atoms with Crippen LogP contribution >= 0.6 is 0 Å². The number of furan rings is 1. The summed E-state index contributed by atoms with van der Waals surface area (Å²) in [4.78, 5) is 24.8. The summed E-state index contributed by atoms with van der Waals surface area (Å²) in [5.74, 6) is 1.21. The quantitative estimate of drug-likeness (QED) is 0.542. The van der Waals surface area contributed by atoms with Crippen LogP contribution in [0.3, 0.4) is 0 Å². The number of nitrogens with one attached hydrogen (secondary N) is 3. The van der Waals surface area contributed by atoms with Crippen molar-refractivity contribution >= 4 is 22.6 Å². The van der Waals surface area contributed by atoms with Crippen molar-refractivity contribution in [2.24, 2.45) is 5.92 Å². The molecule has 2 heterocycles. The van der Waals surface area contributed by atoms with E-state index >= 15 is 0 Å². The number of rotatable bonds is 7. The molecular formula is C23H30N4O3. The Morgan fingerprint density at radius 2 is 1.70 bits per heavy atom. The molecule has 0 bridgehead atoms. The molecule has 7 nitrogen and oxygen atoms in total. The molecule has 1 aromatic carbocycles. The van der Waals surface area contributed by atoms with E-state index in [9.17, 15) is 9.59 Å². The van der Waals surface area contributed by atoms with Crippen LogP contribution in [0.1, 0.15) is 62.2 Å². The minimum Gasteiger partial charge on any atom is -0.444 e. The standard InChI is InChI=1S/C23H30N4O3/c1-12(2)16-7-9-17(10-8-16)21(13(3)4)24-11-18(28)25-23-20-19(15(6)30-23)14(5)26-27-22(20)29/h7-10,12-13,21,24H,11H2,1-6H3,(H,25,28)(H,27,29).